The van der Waals surface area contributed by atoms with Crippen molar-refractivity contribution in [3.63, 3.8) is 0 Å². The molecular weight excluding hydrogens is 429 g/mol. The van der Waals surface area contributed by atoms with Crippen molar-refractivity contribution in [2.75, 3.05) is 18.4 Å². The Morgan fingerprint density at radius 3 is 2.70 bits per heavy atom. The van der Waals surface area contributed by atoms with Gasteiger partial charge in [0.25, 0.3) is 0 Å². The molecule has 0 unspecified atom stereocenters. The van der Waals surface area contributed by atoms with Gasteiger partial charge in [-0.2, -0.15) is 18.3 Å². The zero-order valence-electron chi connectivity index (χ0n) is 17.7. The number of hydrogen-bond acceptors (Lipinski definition) is 5. The van der Waals surface area contributed by atoms with E-state index >= 15 is 0 Å². The van der Waals surface area contributed by atoms with Gasteiger partial charge >= 0.3 is 6.18 Å². The second-order valence-electron chi connectivity index (χ2n) is 8.08. The van der Waals surface area contributed by atoms with Crippen molar-refractivity contribution in [2.24, 2.45) is 0 Å². The molecule has 0 atom stereocenters. The topological polar surface area (TPSA) is 69.7 Å². The van der Waals surface area contributed by atoms with Crippen LogP contribution in [0.4, 0.5) is 19.0 Å². The molecule has 1 saturated heterocycles. The summed E-state index contributed by atoms with van der Waals surface area (Å²) in [4.78, 5) is 10.7. The maximum atomic E-state index is 13.0. The Labute approximate surface area is 188 Å². The van der Waals surface area contributed by atoms with Crippen molar-refractivity contribution in [2.45, 2.75) is 19.1 Å². The predicted molar refractivity (Wildman–Crippen MR) is 121 cm³/mol. The number of alkyl halides is 3. The summed E-state index contributed by atoms with van der Waals surface area (Å²) in [5, 5.41) is 10.9. The van der Waals surface area contributed by atoms with Gasteiger partial charge in [0.05, 0.1) is 16.8 Å². The molecule has 0 bridgehead atoms. The van der Waals surface area contributed by atoms with Crippen LogP contribution < -0.4 is 5.32 Å². The molecule has 1 aliphatic heterocycles. The van der Waals surface area contributed by atoms with Crippen LogP contribution >= 0.6 is 0 Å². The van der Waals surface area contributed by atoms with Crippen molar-refractivity contribution < 1.29 is 13.2 Å². The average Bonchev–Trinajstić information content (AvgIpc) is 3.19. The lowest BCUT2D eigenvalue weighted by atomic mass is 10.0. The van der Waals surface area contributed by atoms with E-state index in [2.05, 4.69) is 43.0 Å². The van der Waals surface area contributed by atoms with Crippen molar-refractivity contribution in [3.05, 3.63) is 78.4 Å². The summed E-state index contributed by atoms with van der Waals surface area (Å²) < 4.78 is 39.0. The van der Waals surface area contributed by atoms with Crippen LogP contribution in [-0.4, -0.2) is 38.2 Å². The van der Waals surface area contributed by atoms with Crippen LogP contribution in [0.2, 0.25) is 0 Å². The number of halogens is 3. The summed E-state index contributed by atoms with van der Waals surface area (Å²) in [5.41, 5.74) is 3.96. The number of rotatable bonds is 6. The Hall–Kier alpha value is -3.72. The van der Waals surface area contributed by atoms with E-state index in [1.54, 1.807) is 0 Å². The third-order valence-electron chi connectivity index (χ3n) is 5.70. The first-order valence-corrected chi connectivity index (χ1v) is 10.5. The number of hydrogen-bond donors (Lipinski definition) is 2. The number of pyridine rings is 2. The molecule has 33 heavy (non-hydrogen) atoms. The van der Waals surface area contributed by atoms with Crippen molar-refractivity contribution in [1.29, 1.82) is 0 Å². The second-order valence-corrected chi connectivity index (χ2v) is 8.08. The first-order valence-electron chi connectivity index (χ1n) is 10.5. The van der Waals surface area contributed by atoms with Crippen molar-refractivity contribution in [1.82, 2.24) is 25.1 Å². The highest BCUT2D eigenvalue weighted by Crippen LogP contribution is 2.32. The smallest absolute Gasteiger partial charge is 0.339 e. The third-order valence-corrected chi connectivity index (χ3v) is 5.70. The SMILES string of the molecule is C=C(Nc1cc(C(F)(F)F)ccn1)c1n[nH]c2ccc(-c3cncc(CN4CCC4)c3)cc12. The van der Waals surface area contributed by atoms with E-state index < -0.39 is 11.7 Å². The van der Waals surface area contributed by atoms with Gasteiger partial charge in [-0.15, -0.1) is 0 Å². The van der Waals surface area contributed by atoms with Crippen LogP contribution in [0.25, 0.3) is 27.7 Å². The van der Waals surface area contributed by atoms with Gasteiger partial charge in [0, 0.05) is 36.1 Å². The van der Waals surface area contributed by atoms with E-state index in [1.165, 1.54) is 6.42 Å². The molecule has 4 heterocycles. The number of nitrogens with one attached hydrogen (secondary N) is 2. The molecule has 1 aromatic carbocycles. The summed E-state index contributed by atoms with van der Waals surface area (Å²) in [5.74, 6) is 0.0463. The minimum atomic E-state index is -4.45. The molecule has 3 aromatic heterocycles. The second kappa shape index (κ2) is 8.32. The molecule has 1 fully saturated rings. The molecule has 168 valence electrons. The van der Waals surface area contributed by atoms with E-state index in [9.17, 15) is 13.2 Å². The summed E-state index contributed by atoms with van der Waals surface area (Å²) in [6, 6.07) is 9.88. The van der Waals surface area contributed by atoms with Crippen molar-refractivity contribution in [3.8, 4) is 11.1 Å². The Morgan fingerprint density at radius 2 is 1.94 bits per heavy atom. The van der Waals surface area contributed by atoms with Gasteiger partial charge in [-0.3, -0.25) is 15.0 Å². The van der Waals surface area contributed by atoms with E-state index in [1.807, 2.05) is 30.6 Å². The lowest BCUT2D eigenvalue weighted by Gasteiger charge is -2.30. The molecule has 0 amide bonds. The van der Waals surface area contributed by atoms with Gasteiger partial charge in [-0.25, -0.2) is 4.98 Å². The van der Waals surface area contributed by atoms with Crippen molar-refractivity contribution >= 4 is 22.4 Å². The molecule has 6 nitrogen and oxygen atoms in total. The van der Waals surface area contributed by atoms with Crippen LogP contribution in [0, 0.1) is 0 Å². The molecule has 2 N–H and O–H groups in total. The van der Waals surface area contributed by atoms with E-state index in [4.69, 9.17) is 0 Å². The zero-order chi connectivity index (χ0) is 23.0. The van der Waals surface area contributed by atoms with E-state index in [-0.39, 0.29) is 5.82 Å². The van der Waals surface area contributed by atoms with Gasteiger partial charge in [-0.1, -0.05) is 12.6 Å². The highest BCUT2D eigenvalue weighted by molar-refractivity contribution is 5.94. The third kappa shape index (κ3) is 4.45. The van der Waals surface area contributed by atoms with Crippen LogP contribution in [0.3, 0.4) is 0 Å². The molecule has 1 aliphatic rings. The lowest BCUT2D eigenvalue weighted by molar-refractivity contribution is -0.137. The average molecular weight is 450 g/mol. The normalized spacial score (nSPS) is 14.3. The Kier molecular flexibility index (Phi) is 5.33. The van der Waals surface area contributed by atoms with Crippen LogP contribution in [0.1, 0.15) is 23.2 Å². The Morgan fingerprint density at radius 1 is 1.09 bits per heavy atom. The fourth-order valence-corrected chi connectivity index (χ4v) is 3.84. The minimum Gasteiger partial charge on any atom is -0.339 e. The zero-order valence-corrected chi connectivity index (χ0v) is 17.7. The predicted octanol–water partition coefficient (Wildman–Crippen LogP) is 5.33. The Balaban J connectivity index is 1.42. The number of aromatic amines is 1. The van der Waals surface area contributed by atoms with Gasteiger partial charge in [0.2, 0.25) is 0 Å². The van der Waals surface area contributed by atoms with Gasteiger partial charge in [0.1, 0.15) is 11.5 Å². The highest BCUT2D eigenvalue weighted by Gasteiger charge is 2.30. The molecule has 0 radical (unpaired) electrons. The van der Waals surface area contributed by atoms with Crippen LogP contribution in [0.5, 0.6) is 0 Å². The largest absolute Gasteiger partial charge is 0.416 e. The Bertz CT molecular complexity index is 1320. The standard InChI is InChI=1S/C24H21F3N6/c1-15(30-22-11-19(5-6-29-22)24(25,26)27)23-20-10-17(3-4-21(20)31-32-23)18-9-16(12-28-13-18)14-33-7-2-8-33/h3-6,9-13H,1-2,7-8,14H2,(H,29,30)(H,31,32). The molecule has 5 rings (SSSR count). The molecule has 9 heteroatoms. The summed E-state index contributed by atoms with van der Waals surface area (Å²) >= 11 is 0. The van der Waals surface area contributed by atoms with Gasteiger partial charge in [0.15, 0.2) is 0 Å². The lowest BCUT2D eigenvalue weighted by Crippen LogP contribution is -2.36. The van der Waals surface area contributed by atoms with Gasteiger partial charge < -0.3 is 5.32 Å². The summed E-state index contributed by atoms with van der Waals surface area (Å²) in [6.45, 7) is 7.08. The summed E-state index contributed by atoms with van der Waals surface area (Å²) in [7, 11) is 0. The molecule has 4 aromatic rings. The molecule has 0 spiro atoms. The minimum absolute atomic E-state index is 0.0463. The number of anilines is 1. The quantitative estimate of drug-likeness (QED) is 0.416. The van der Waals surface area contributed by atoms with E-state index in [0.717, 1.165) is 65.6 Å². The number of nitrogens with zero attached hydrogens (tertiary/aromatic N) is 4. The number of aromatic nitrogens is 4. The molecule has 0 saturated carbocycles. The number of H-pyrrole nitrogens is 1. The number of likely N-dealkylation sites (tertiary alicyclic amines) is 1. The van der Waals surface area contributed by atoms with Crippen LogP contribution in [0.15, 0.2) is 61.6 Å². The maximum absolute atomic E-state index is 13.0. The number of benzene rings is 1. The monoisotopic (exact) mass is 450 g/mol. The number of fused-ring (bicyclic) bond motifs is 1. The first kappa shape index (κ1) is 21.1. The van der Waals surface area contributed by atoms with Crippen LogP contribution in [-0.2, 0) is 12.7 Å². The highest BCUT2D eigenvalue weighted by atomic mass is 19.4. The van der Waals surface area contributed by atoms with E-state index in [0.29, 0.717) is 11.4 Å². The summed E-state index contributed by atoms with van der Waals surface area (Å²) in [6.07, 6.45) is 1.60. The fourth-order valence-electron chi connectivity index (χ4n) is 3.84. The maximum Gasteiger partial charge on any atom is 0.416 e. The van der Waals surface area contributed by atoms with Gasteiger partial charge in [-0.05, 0) is 61.0 Å². The molecular formula is C24H21F3N6. The fraction of sp³-hybridized carbons (Fsp3) is 0.208. The molecule has 0 aliphatic carbocycles. The first-order chi connectivity index (χ1) is 15.9.